The molecule has 2 aliphatic heterocycles. The maximum absolute atomic E-state index is 12.6. The number of fused-ring (bicyclic) bond motifs is 1. The lowest BCUT2D eigenvalue weighted by molar-refractivity contribution is -0.153. The summed E-state index contributed by atoms with van der Waals surface area (Å²) in [6.45, 7) is 0.975. The Kier molecular flexibility index (Phi) is 5.28. The van der Waals surface area contributed by atoms with Crippen molar-refractivity contribution in [2.24, 2.45) is 0 Å². The lowest BCUT2D eigenvalue weighted by Gasteiger charge is -2.22. The van der Waals surface area contributed by atoms with Gasteiger partial charge in [-0.05, 0) is 42.2 Å². The molecule has 0 unspecified atom stereocenters. The zero-order valence-corrected chi connectivity index (χ0v) is 15.4. The Bertz CT molecular complexity index is 893. The molecule has 6 nitrogen and oxygen atoms in total. The van der Waals surface area contributed by atoms with Crippen molar-refractivity contribution < 1.29 is 23.8 Å². The standard InChI is InChI=1S/C22H21NO5/c24-21(11-9-16-8-10-19-20(13-16)28-15-27-19)23-12-4-7-18(23)22(25)26-14-17-5-2-1-3-6-17/h1-3,5-6,8-11,13,18H,4,7,12,14-15H2/t18-/m0/s1. The van der Waals surface area contributed by atoms with Gasteiger partial charge in [0.05, 0.1) is 0 Å². The summed E-state index contributed by atoms with van der Waals surface area (Å²) >= 11 is 0. The zero-order chi connectivity index (χ0) is 19.3. The first-order valence-electron chi connectivity index (χ1n) is 9.29. The molecule has 0 radical (unpaired) electrons. The minimum absolute atomic E-state index is 0.197. The van der Waals surface area contributed by atoms with E-state index in [9.17, 15) is 9.59 Å². The number of esters is 1. The molecule has 28 heavy (non-hydrogen) atoms. The van der Waals surface area contributed by atoms with Crippen molar-refractivity contribution in [2.75, 3.05) is 13.3 Å². The van der Waals surface area contributed by atoms with Crippen molar-refractivity contribution >= 4 is 18.0 Å². The molecule has 1 saturated heterocycles. The van der Waals surface area contributed by atoms with Crippen molar-refractivity contribution in [1.82, 2.24) is 4.90 Å². The molecule has 2 heterocycles. The van der Waals surface area contributed by atoms with Crippen LogP contribution in [-0.2, 0) is 20.9 Å². The second kappa shape index (κ2) is 8.17. The van der Waals surface area contributed by atoms with Gasteiger partial charge in [0, 0.05) is 12.6 Å². The second-order valence-corrected chi connectivity index (χ2v) is 6.73. The third-order valence-corrected chi connectivity index (χ3v) is 4.85. The van der Waals surface area contributed by atoms with E-state index in [1.54, 1.807) is 11.0 Å². The van der Waals surface area contributed by atoms with Gasteiger partial charge in [0.2, 0.25) is 12.7 Å². The monoisotopic (exact) mass is 379 g/mol. The Morgan fingerprint density at radius 2 is 1.93 bits per heavy atom. The highest BCUT2D eigenvalue weighted by atomic mass is 16.7. The van der Waals surface area contributed by atoms with Gasteiger partial charge in [-0.25, -0.2) is 4.79 Å². The van der Waals surface area contributed by atoms with Gasteiger partial charge in [0.15, 0.2) is 11.5 Å². The first-order chi connectivity index (χ1) is 13.7. The molecule has 2 aliphatic rings. The number of hydrogen-bond donors (Lipinski definition) is 0. The van der Waals surface area contributed by atoms with Gasteiger partial charge in [-0.15, -0.1) is 0 Å². The van der Waals surface area contributed by atoms with Gasteiger partial charge in [-0.3, -0.25) is 4.79 Å². The number of ether oxygens (including phenoxy) is 3. The SMILES string of the molecule is O=C(OCc1ccccc1)[C@@H]1CCCN1C(=O)C=Cc1ccc2c(c1)OCO2. The van der Waals surface area contributed by atoms with E-state index in [-0.39, 0.29) is 25.3 Å². The topological polar surface area (TPSA) is 65.1 Å². The Labute approximate surface area is 163 Å². The maximum atomic E-state index is 12.6. The van der Waals surface area contributed by atoms with Crippen molar-refractivity contribution in [2.45, 2.75) is 25.5 Å². The molecular formula is C22H21NO5. The maximum Gasteiger partial charge on any atom is 0.329 e. The fourth-order valence-electron chi connectivity index (χ4n) is 3.38. The molecule has 0 spiro atoms. The number of benzene rings is 2. The quantitative estimate of drug-likeness (QED) is 0.590. The summed E-state index contributed by atoms with van der Waals surface area (Å²) in [7, 11) is 0. The minimum Gasteiger partial charge on any atom is -0.459 e. The first-order valence-corrected chi connectivity index (χ1v) is 9.29. The van der Waals surface area contributed by atoms with Crippen LogP contribution in [0.5, 0.6) is 11.5 Å². The van der Waals surface area contributed by atoms with E-state index in [1.807, 2.05) is 48.5 Å². The van der Waals surface area contributed by atoms with Crippen LogP contribution >= 0.6 is 0 Å². The summed E-state index contributed by atoms with van der Waals surface area (Å²) in [6.07, 6.45) is 4.61. The van der Waals surface area contributed by atoms with Crippen LogP contribution in [0.25, 0.3) is 6.08 Å². The number of amides is 1. The van der Waals surface area contributed by atoms with Crippen LogP contribution in [0.15, 0.2) is 54.6 Å². The van der Waals surface area contributed by atoms with Crippen LogP contribution in [-0.4, -0.2) is 36.2 Å². The van der Waals surface area contributed by atoms with E-state index in [0.29, 0.717) is 24.5 Å². The second-order valence-electron chi connectivity index (χ2n) is 6.73. The van der Waals surface area contributed by atoms with E-state index < -0.39 is 6.04 Å². The van der Waals surface area contributed by atoms with E-state index in [2.05, 4.69) is 0 Å². The van der Waals surface area contributed by atoms with Gasteiger partial charge in [0.1, 0.15) is 12.6 Å². The fraction of sp³-hybridized carbons (Fsp3) is 0.273. The number of carbonyl (C=O) groups is 2. The normalized spacial score (nSPS) is 17.9. The Balaban J connectivity index is 1.37. The summed E-state index contributed by atoms with van der Waals surface area (Å²) in [6, 6.07) is 14.5. The molecule has 4 rings (SSSR count). The average Bonchev–Trinajstić information content (AvgIpc) is 3.40. The van der Waals surface area contributed by atoms with E-state index in [4.69, 9.17) is 14.2 Å². The minimum atomic E-state index is -0.530. The molecule has 144 valence electrons. The van der Waals surface area contributed by atoms with Crippen LogP contribution in [0.3, 0.4) is 0 Å². The number of nitrogens with zero attached hydrogens (tertiary/aromatic N) is 1. The number of carbonyl (C=O) groups excluding carboxylic acids is 2. The molecule has 0 bridgehead atoms. The lowest BCUT2D eigenvalue weighted by Crippen LogP contribution is -2.40. The summed E-state index contributed by atoms with van der Waals surface area (Å²) in [5.74, 6) is 0.811. The Hall–Kier alpha value is -3.28. The molecule has 2 aromatic rings. The summed E-state index contributed by atoms with van der Waals surface area (Å²) in [4.78, 5) is 26.7. The van der Waals surface area contributed by atoms with Crippen LogP contribution < -0.4 is 9.47 Å². The lowest BCUT2D eigenvalue weighted by atomic mass is 10.2. The van der Waals surface area contributed by atoms with E-state index >= 15 is 0 Å². The highest BCUT2D eigenvalue weighted by Crippen LogP contribution is 2.32. The third-order valence-electron chi connectivity index (χ3n) is 4.85. The molecule has 6 heteroatoms. The van der Waals surface area contributed by atoms with Gasteiger partial charge >= 0.3 is 5.97 Å². The van der Waals surface area contributed by atoms with Crippen LogP contribution in [0.2, 0.25) is 0 Å². The molecule has 1 fully saturated rings. The number of likely N-dealkylation sites (tertiary alicyclic amines) is 1. The molecule has 0 saturated carbocycles. The van der Waals surface area contributed by atoms with Crippen LogP contribution in [0.1, 0.15) is 24.0 Å². The van der Waals surface area contributed by atoms with Gasteiger partial charge in [-0.2, -0.15) is 0 Å². The molecule has 0 aromatic heterocycles. The van der Waals surface area contributed by atoms with E-state index in [0.717, 1.165) is 17.5 Å². The van der Waals surface area contributed by atoms with Gasteiger partial charge in [-0.1, -0.05) is 36.4 Å². The van der Waals surface area contributed by atoms with Crippen molar-refractivity contribution in [3.63, 3.8) is 0 Å². The fourth-order valence-corrected chi connectivity index (χ4v) is 3.38. The predicted molar refractivity (Wildman–Crippen MR) is 103 cm³/mol. The highest BCUT2D eigenvalue weighted by molar-refractivity contribution is 5.95. The van der Waals surface area contributed by atoms with Gasteiger partial charge in [0.25, 0.3) is 0 Å². The zero-order valence-electron chi connectivity index (χ0n) is 15.4. The summed E-state index contributed by atoms with van der Waals surface area (Å²) in [5, 5.41) is 0. The largest absolute Gasteiger partial charge is 0.459 e. The Morgan fingerprint density at radius 1 is 1.11 bits per heavy atom. The van der Waals surface area contributed by atoms with Crippen LogP contribution in [0.4, 0.5) is 0 Å². The first kappa shape index (κ1) is 18.1. The number of rotatable bonds is 5. The van der Waals surface area contributed by atoms with Crippen molar-refractivity contribution in [3.8, 4) is 11.5 Å². The van der Waals surface area contributed by atoms with Gasteiger partial charge < -0.3 is 19.1 Å². The average molecular weight is 379 g/mol. The summed E-state index contributed by atoms with van der Waals surface area (Å²) in [5.41, 5.74) is 1.76. The number of hydrogen-bond acceptors (Lipinski definition) is 5. The van der Waals surface area contributed by atoms with Crippen molar-refractivity contribution in [3.05, 3.63) is 65.7 Å². The third kappa shape index (κ3) is 4.01. The molecule has 1 atom stereocenters. The summed E-state index contributed by atoms with van der Waals surface area (Å²) < 4.78 is 16.0. The molecular weight excluding hydrogens is 358 g/mol. The molecule has 0 aliphatic carbocycles. The molecule has 2 aromatic carbocycles. The van der Waals surface area contributed by atoms with Crippen molar-refractivity contribution in [1.29, 1.82) is 0 Å². The predicted octanol–water partition coefficient (Wildman–Crippen LogP) is 3.16. The Morgan fingerprint density at radius 3 is 2.79 bits per heavy atom. The van der Waals surface area contributed by atoms with E-state index in [1.165, 1.54) is 6.08 Å². The molecule has 1 amide bonds. The smallest absolute Gasteiger partial charge is 0.329 e. The molecule has 0 N–H and O–H groups in total. The highest BCUT2D eigenvalue weighted by Gasteiger charge is 2.34. The van der Waals surface area contributed by atoms with Crippen LogP contribution in [0, 0.1) is 0 Å².